The van der Waals surface area contributed by atoms with Crippen molar-refractivity contribution in [1.29, 1.82) is 0 Å². The number of carbonyl (C=O) groups excluding carboxylic acids is 2. The largest absolute Gasteiger partial charge is 0.493 e. The lowest BCUT2D eigenvalue weighted by Gasteiger charge is -2.25. The third-order valence-corrected chi connectivity index (χ3v) is 8.50. The Bertz CT molecular complexity index is 1460. The number of hydrogen-bond acceptors (Lipinski definition) is 6. The van der Waals surface area contributed by atoms with Crippen LogP contribution in [-0.4, -0.2) is 47.0 Å². The minimum Gasteiger partial charge on any atom is -0.493 e. The molecule has 3 aromatic rings. The second kappa shape index (κ2) is 12.8. The van der Waals surface area contributed by atoms with Gasteiger partial charge in [0.15, 0.2) is 11.5 Å². The number of halogens is 1. The molecule has 1 aliphatic rings. The van der Waals surface area contributed by atoms with Crippen LogP contribution in [0.25, 0.3) is 0 Å². The number of amides is 2. The summed E-state index contributed by atoms with van der Waals surface area (Å²) < 4.78 is 52.5. The summed E-state index contributed by atoms with van der Waals surface area (Å²) in [6.07, 6.45) is 5.06. The molecule has 1 saturated carbocycles. The van der Waals surface area contributed by atoms with Gasteiger partial charge >= 0.3 is 0 Å². The number of rotatable bonds is 10. The van der Waals surface area contributed by atoms with Gasteiger partial charge in [0.05, 0.1) is 36.1 Å². The maximum Gasteiger partial charge on any atom is 0.264 e. The van der Waals surface area contributed by atoms with E-state index in [9.17, 15) is 22.4 Å². The molecule has 0 spiro atoms. The van der Waals surface area contributed by atoms with Crippen molar-refractivity contribution in [3.8, 4) is 11.5 Å². The van der Waals surface area contributed by atoms with Gasteiger partial charge in [0.25, 0.3) is 15.9 Å². The maximum absolute atomic E-state index is 13.8. The van der Waals surface area contributed by atoms with Crippen LogP contribution in [0, 0.1) is 5.82 Å². The summed E-state index contributed by atoms with van der Waals surface area (Å²) in [5, 5.41) is 5.71. The minimum atomic E-state index is -4.32. The number of sulfonamides is 1. The van der Waals surface area contributed by atoms with E-state index in [-0.39, 0.29) is 39.5 Å². The van der Waals surface area contributed by atoms with Crippen LogP contribution in [0.2, 0.25) is 0 Å². The van der Waals surface area contributed by atoms with Gasteiger partial charge in [0.1, 0.15) is 12.4 Å². The lowest BCUT2D eigenvalue weighted by Crippen LogP contribution is -2.39. The molecule has 9 nitrogen and oxygen atoms in total. The third-order valence-electron chi connectivity index (χ3n) is 6.73. The van der Waals surface area contributed by atoms with Crippen LogP contribution < -0.4 is 24.4 Å². The van der Waals surface area contributed by atoms with E-state index in [2.05, 4.69) is 10.6 Å². The summed E-state index contributed by atoms with van der Waals surface area (Å²) in [7, 11) is -1.52. The van der Waals surface area contributed by atoms with Crippen molar-refractivity contribution in [3.63, 3.8) is 0 Å². The molecule has 1 fully saturated rings. The van der Waals surface area contributed by atoms with Crippen molar-refractivity contribution in [2.24, 2.45) is 0 Å². The average molecular weight is 570 g/mol. The Labute approximate surface area is 233 Å². The Morgan fingerprint density at radius 1 is 0.925 bits per heavy atom. The molecule has 2 N–H and O–H groups in total. The zero-order valence-corrected chi connectivity index (χ0v) is 23.2. The van der Waals surface area contributed by atoms with E-state index < -0.39 is 28.3 Å². The molecule has 11 heteroatoms. The van der Waals surface area contributed by atoms with E-state index in [1.165, 1.54) is 44.6 Å². The molecule has 212 valence electrons. The van der Waals surface area contributed by atoms with Gasteiger partial charge in [-0.25, -0.2) is 12.8 Å². The second-order valence-electron chi connectivity index (χ2n) is 9.41. The number of nitrogens with zero attached hydrogens (tertiary/aromatic N) is 1. The highest BCUT2D eigenvalue weighted by Gasteiger charge is 2.29. The van der Waals surface area contributed by atoms with Crippen LogP contribution in [0.1, 0.15) is 42.5 Å². The number of ether oxygens (including phenoxy) is 2. The molecule has 0 atom stereocenters. The fraction of sp³-hybridized carbons (Fsp3) is 0.310. The van der Waals surface area contributed by atoms with Gasteiger partial charge in [-0.15, -0.1) is 0 Å². The first-order chi connectivity index (χ1) is 19.2. The molecular formula is C29H32FN3O6S. The molecule has 1 aliphatic carbocycles. The topological polar surface area (TPSA) is 114 Å². The third kappa shape index (κ3) is 6.71. The van der Waals surface area contributed by atoms with E-state index in [4.69, 9.17) is 9.47 Å². The lowest BCUT2D eigenvalue weighted by molar-refractivity contribution is -0.114. The highest BCUT2D eigenvalue weighted by molar-refractivity contribution is 7.92. The number of hydrogen-bond donors (Lipinski definition) is 2. The van der Waals surface area contributed by atoms with Crippen molar-refractivity contribution in [1.82, 2.24) is 5.32 Å². The minimum absolute atomic E-state index is 0.0746. The van der Waals surface area contributed by atoms with Crippen molar-refractivity contribution in [3.05, 3.63) is 78.1 Å². The zero-order chi connectivity index (χ0) is 28.7. The molecule has 3 aromatic carbocycles. The highest BCUT2D eigenvalue weighted by atomic mass is 32.2. The quantitative estimate of drug-likeness (QED) is 0.365. The molecule has 0 heterocycles. The summed E-state index contributed by atoms with van der Waals surface area (Å²) in [6, 6.07) is 15.4. The molecule has 0 unspecified atom stereocenters. The molecule has 40 heavy (non-hydrogen) atoms. The predicted octanol–water partition coefficient (Wildman–Crippen LogP) is 4.74. The van der Waals surface area contributed by atoms with E-state index in [1.54, 1.807) is 24.3 Å². The Hall–Kier alpha value is -4.12. The summed E-state index contributed by atoms with van der Waals surface area (Å²) in [5.41, 5.74) is 0.607. The van der Waals surface area contributed by atoms with Gasteiger partial charge in [0, 0.05) is 12.1 Å². The summed E-state index contributed by atoms with van der Waals surface area (Å²) in [4.78, 5) is 26.1. The van der Waals surface area contributed by atoms with Gasteiger partial charge < -0.3 is 20.1 Å². The van der Waals surface area contributed by atoms with Gasteiger partial charge in [-0.3, -0.25) is 13.9 Å². The van der Waals surface area contributed by atoms with Crippen LogP contribution >= 0.6 is 0 Å². The maximum atomic E-state index is 13.8. The number of anilines is 2. The Balaban J connectivity index is 1.60. The second-order valence-corrected chi connectivity index (χ2v) is 11.3. The van der Waals surface area contributed by atoms with Crippen LogP contribution in [0.15, 0.2) is 71.6 Å². The normalized spacial score (nSPS) is 13.8. The van der Waals surface area contributed by atoms with Gasteiger partial charge in [-0.2, -0.15) is 0 Å². The van der Waals surface area contributed by atoms with E-state index >= 15 is 0 Å². The smallest absolute Gasteiger partial charge is 0.264 e. The number of para-hydroxylation sites is 1. The van der Waals surface area contributed by atoms with E-state index in [0.717, 1.165) is 48.5 Å². The summed E-state index contributed by atoms with van der Waals surface area (Å²) in [6.45, 7) is -0.638. The highest BCUT2D eigenvalue weighted by Crippen LogP contribution is 2.32. The zero-order valence-electron chi connectivity index (χ0n) is 22.4. The molecule has 4 rings (SSSR count). The van der Waals surface area contributed by atoms with Gasteiger partial charge in [-0.1, -0.05) is 31.4 Å². The summed E-state index contributed by atoms with van der Waals surface area (Å²) in [5.74, 6) is -1.04. The number of methoxy groups -OCH3 is 2. The van der Waals surface area contributed by atoms with Crippen LogP contribution in [0.5, 0.6) is 11.5 Å². The molecule has 2 amide bonds. The van der Waals surface area contributed by atoms with Crippen molar-refractivity contribution in [2.45, 2.75) is 43.0 Å². The SMILES string of the molecule is COc1ccc(S(=O)(=O)N(CC(=O)Nc2ccccc2C(=O)NC2CCCCC2)c2ccc(F)cc2)cc1OC. The van der Waals surface area contributed by atoms with Crippen LogP contribution in [-0.2, 0) is 14.8 Å². The Morgan fingerprint density at radius 2 is 1.60 bits per heavy atom. The first-order valence-electron chi connectivity index (χ1n) is 12.9. The van der Waals surface area contributed by atoms with Gasteiger partial charge in [-0.05, 0) is 61.4 Å². The van der Waals surface area contributed by atoms with Crippen molar-refractivity contribution >= 4 is 33.2 Å². The molecule has 0 aliphatic heterocycles. The fourth-order valence-electron chi connectivity index (χ4n) is 4.65. The number of nitrogens with one attached hydrogen (secondary N) is 2. The molecule has 0 aromatic heterocycles. The van der Waals surface area contributed by atoms with E-state index in [0.29, 0.717) is 5.75 Å². The van der Waals surface area contributed by atoms with Crippen LogP contribution in [0.3, 0.4) is 0 Å². The average Bonchev–Trinajstić information content (AvgIpc) is 2.96. The first kappa shape index (κ1) is 28.9. The lowest BCUT2D eigenvalue weighted by atomic mass is 9.95. The van der Waals surface area contributed by atoms with Gasteiger partial charge in [0.2, 0.25) is 5.91 Å². The van der Waals surface area contributed by atoms with Crippen molar-refractivity contribution in [2.75, 3.05) is 30.4 Å². The monoisotopic (exact) mass is 569 g/mol. The Morgan fingerprint density at radius 3 is 2.27 bits per heavy atom. The molecular weight excluding hydrogens is 537 g/mol. The first-order valence-corrected chi connectivity index (χ1v) is 14.4. The number of carbonyl (C=O) groups is 2. The Kier molecular flexibility index (Phi) is 9.26. The van der Waals surface area contributed by atoms with Crippen LogP contribution in [0.4, 0.5) is 15.8 Å². The molecule has 0 saturated heterocycles. The standard InChI is InChI=1S/C29H32FN3O6S/c1-38-26-17-16-23(18-27(26)39-2)40(36,37)33(22-14-12-20(30)13-15-22)19-28(34)32-25-11-7-6-10-24(25)29(35)31-21-8-4-3-5-9-21/h6-7,10-18,21H,3-5,8-9,19H2,1-2H3,(H,31,35)(H,32,34). The fourth-order valence-corrected chi connectivity index (χ4v) is 6.08. The molecule has 0 radical (unpaired) electrons. The number of benzene rings is 3. The summed E-state index contributed by atoms with van der Waals surface area (Å²) >= 11 is 0. The van der Waals surface area contributed by atoms with Crippen molar-refractivity contribution < 1.29 is 31.9 Å². The van der Waals surface area contributed by atoms with E-state index in [1.807, 2.05) is 0 Å². The predicted molar refractivity (Wildman–Crippen MR) is 150 cm³/mol. The molecule has 0 bridgehead atoms.